The van der Waals surface area contributed by atoms with Crippen LogP contribution in [0.15, 0.2) is 17.6 Å². The fourth-order valence-corrected chi connectivity index (χ4v) is 5.62. The zero-order chi connectivity index (χ0) is 19.8. The predicted molar refractivity (Wildman–Crippen MR) is 111 cm³/mol. The Kier molecular flexibility index (Phi) is 7.16. The normalized spacial score (nSPS) is 22.9. The average Bonchev–Trinajstić information content (AvgIpc) is 3.40. The molecule has 0 saturated carbocycles. The summed E-state index contributed by atoms with van der Waals surface area (Å²) in [6.45, 7) is 2.90. The van der Waals surface area contributed by atoms with E-state index in [4.69, 9.17) is 0 Å². The van der Waals surface area contributed by atoms with E-state index in [-0.39, 0.29) is 35.1 Å². The molecular weight excluding hydrogens is 397 g/mol. The molecule has 6 nitrogen and oxygen atoms in total. The number of benzene rings is 1. The second-order valence-electron chi connectivity index (χ2n) is 8.11. The summed E-state index contributed by atoms with van der Waals surface area (Å²) in [5, 5.41) is 7.24. The van der Waals surface area contributed by atoms with Crippen LogP contribution in [0.4, 0.5) is 10.5 Å². The SMILES string of the molecule is CC[C@@]1(/C=C/S(=O)(=O)[N-]C(=O)Nc2c3c(cc4c2CCC4)CCC3)CCCN1.[Na+]. The van der Waals surface area contributed by atoms with Gasteiger partial charge >= 0.3 is 29.6 Å². The maximum absolute atomic E-state index is 12.5. The van der Waals surface area contributed by atoms with Crippen molar-refractivity contribution in [3.05, 3.63) is 44.5 Å². The van der Waals surface area contributed by atoms with Gasteiger partial charge in [0.1, 0.15) is 0 Å². The number of nitrogens with zero attached hydrogens (tertiary/aromatic N) is 1. The van der Waals surface area contributed by atoms with E-state index in [2.05, 4.69) is 21.4 Å². The van der Waals surface area contributed by atoms with E-state index >= 15 is 0 Å². The summed E-state index contributed by atoms with van der Waals surface area (Å²) < 4.78 is 28.2. The van der Waals surface area contributed by atoms with E-state index in [1.54, 1.807) is 6.08 Å². The Morgan fingerprint density at radius 2 is 1.83 bits per heavy atom. The number of anilines is 1. The molecule has 1 heterocycles. The molecule has 0 radical (unpaired) electrons. The van der Waals surface area contributed by atoms with Gasteiger partial charge in [0.2, 0.25) is 0 Å². The molecule has 2 aliphatic carbocycles. The van der Waals surface area contributed by atoms with Crippen LogP contribution >= 0.6 is 0 Å². The number of rotatable bonds is 5. The average molecular weight is 426 g/mol. The summed E-state index contributed by atoms with van der Waals surface area (Å²) in [6.07, 6.45) is 10.4. The summed E-state index contributed by atoms with van der Waals surface area (Å²) in [6, 6.07) is 1.47. The third kappa shape index (κ3) is 4.90. The Bertz CT molecular complexity index is 889. The number of amides is 2. The van der Waals surface area contributed by atoms with Crippen LogP contribution in [0.3, 0.4) is 0 Å². The van der Waals surface area contributed by atoms with Gasteiger partial charge in [-0.05, 0) is 92.3 Å². The van der Waals surface area contributed by atoms with Crippen LogP contribution in [0, 0.1) is 0 Å². The van der Waals surface area contributed by atoms with Crippen LogP contribution in [-0.4, -0.2) is 26.5 Å². The van der Waals surface area contributed by atoms with E-state index in [1.807, 2.05) is 6.92 Å². The summed E-state index contributed by atoms with van der Waals surface area (Å²) in [4.78, 5) is 12.5. The number of hydrogen-bond donors (Lipinski definition) is 2. The number of hydrogen-bond acceptors (Lipinski definition) is 4. The van der Waals surface area contributed by atoms with Crippen molar-refractivity contribution in [2.24, 2.45) is 0 Å². The minimum Gasteiger partial charge on any atom is -0.423 e. The molecule has 29 heavy (non-hydrogen) atoms. The Hall–Kier alpha value is -0.860. The standard InChI is InChI=1S/C21H29N3O3S.Na/c1-2-21(10-5-12-22-21)11-13-28(26,27)24-20(25)23-19-17-8-3-6-15(17)14-16-7-4-9-18(16)19;/h11,13-14,22H,2-10,12H2,1H3,(H2,23,24,25);/q;+1/p-1/b13-11+;/t21-;/m0./s1. The molecule has 0 spiro atoms. The van der Waals surface area contributed by atoms with Crippen LogP contribution in [0.5, 0.6) is 0 Å². The first-order valence-electron chi connectivity index (χ1n) is 10.3. The van der Waals surface area contributed by atoms with Crippen molar-refractivity contribution in [3.8, 4) is 0 Å². The molecule has 8 heteroatoms. The maximum atomic E-state index is 12.5. The number of sulfonamides is 1. The number of fused-ring (bicyclic) bond motifs is 2. The molecule has 0 unspecified atom stereocenters. The Labute approximate surface area is 195 Å². The van der Waals surface area contributed by atoms with Crippen molar-refractivity contribution in [2.45, 2.75) is 70.3 Å². The van der Waals surface area contributed by atoms with Gasteiger partial charge in [-0.1, -0.05) is 19.1 Å². The first kappa shape index (κ1) is 22.8. The second kappa shape index (κ2) is 9.10. The van der Waals surface area contributed by atoms with Crippen molar-refractivity contribution < 1.29 is 42.8 Å². The number of urea groups is 1. The van der Waals surface area contributed by atoms with Crippen LogP contribution in [0.2, 0.25) is 0 Å². The molecule has 2 N–H and O–H groups in total. The number of carbonyl (C=O) groups is 1. The van der Waals surface area contributed by atoms with Gasteiger partial charge in [0.05, 0.1) is 0 Å². The molecule has 1 aliphatic heterocycles. The number of aryl methyl sites for hydroxylation is 2. The molecule has 1 aromatic carbocycles. The van der Waals surface area contributed by atoms with Crippen molar-refractivity contribution in [1.29, 1.82) is 0 Å². The van der Waals surface area contributed by atoms with Crippen LogP contribution in [-0.2, 0) is 35.7 Å². The molecule has 1 atom stereocenters. The molecule has 4 rings (SSSR count). The van der Waals surface area contributed by atoms with E-state index < -0.39 is 16.1 Å². The van der Waals surface area contributed by atoms with Gasteiger partial charge < -0.3 is 15.4 Å². The van der Waals surface area contributed by atoms with E-state index in [0.717, 1.165) is 86.6 Å². The quantitative estimate of drug-likeness (QED) is 0.688. The van der Waals surface area contributed by atoms with Gasteiger partial charge in [-0.25, -0.2) is 8.42 Å². The van der Waals surface area contributed by atoms with Crippen molar-refractivity contribution in [3.63, 3.8) is 0 Å². The third-order valence-corrected chi connectivity index (χ3v) is 7.28. The molecule has 3 aliphatic rings. The van der Waals surface area contributed by atoms with Gasteiger partial charge in [-0.3, -0.25) is 4.79 Å². The molecule has 1 saturated heterocycles. The molecular formula is C21H28N3NaO3S. The van der Waals surface area contributed by atoms with Gasteiger partial charge in [0.25, 0.3) is 0 Å². The fourth-order valence-electron chi connectivity index (χ4n) is 4.85. The summed E-state index contributed by atoms with van der Waals surface area (Å²) in [7, 11) is -3.97. The topological polar surface area (TPSA) is 89.4 Å². The van der Waals surface area contributed by atoms with Crippen molar-refractivity contribution >= 4 is 21.7 Å². The van der Waals surface area contributed by atoms with Gasteiger partial charge in [-0.15, -0.1) is 0 Å². The predicted octanol–water partition coefficient (Wildman–Crippen LogP) is 0.949. The van der Waals surface area contributed by atoms with Gasteiger partial charge in [-0.2, -0.15) is 0 Å². The van der Waals surface area contributed by atoms with Crippen molar-refractivity contribution in [2.75, 3.05) is 11.9 Å². The van der Waals surface area contributed by atoms with E-state index in [9.17, 15) is 13.2 Å². The first-order chi connectivity index (χ1) is 13.4. The largest absolute Gasteiger partial charge is 1.00 e. The van der Waals surface area contributed by atoms with Crippen LogP contribution < -0.4 is 40.2 Å². The zero-order valence-electron chi connectivity index (χ0n) is 17.4. The fraction of sp³-hybridized carbons (Fsp3) is 0.571. The van der Waals surface area contributed by atoms with Gasteiger partial charge in [0, 0.05) is 10.9 Å². The van der Waals surface area contributed by atoms with Crippen molar-refractivity contribution in [1.82, 2.24) is 5.32 Å². The van der Waals surface area contributed by atoms with E-state index in [1.165, 1.54) is 11.1 Å². The Morgan fingerprint density at radius 1 is 1.17 bits per heavy atom. The van der Waals surface area contributed by atoms with Crippen LogP contribution in [0.1, 0.15) is 61.3 Å². The second-order valence-corrected chi connectivity index (χ2v) is 9.60. The zero-order valence-corrected chi connectivity index (χ0v) is 20.2. The summed E-state index contributed by atoms with van der Waals surface area (Å²) in [5.74, 6) is 0. The van der Waals surface area contributed by atoms with E-state index in [0.29, 0.717) is 0 Å². The summed E-state index contributed by atoms with van der Waals surface area (Å²) >= 11 is 0. The molecule has 0 aromatic heterocycles. The molecule has 1 aromatic rings. The van der Waals surface area contributed by atoms with Crippen LogP contribution in [0.25, 0.3) is 4.72 Å². The number of carbonyl (C=O) groups excluding carboxylic acids is 1. The minimum atomic E-state index is -3.97. The molecule has 0 bridgehead atoms. The van der Waals surface area contributed by atoms with Gasteiger partial charge in [0.15, 0.2) is 16.1 Å². The minimum absolute atomic E-state index is 0. The molecule has 2 amide bonds. The third-order valence-electron chi connectivity index (χ3n) is 6.38. The molecule has 1 fully saturated rings. The Morgan fingerprint density at radius 3 is 2.38 bits per heavy atom. The number of nitrogens with one attached hydrogen (secondary N) is 2. The maximum Gasteiger partial charge on any atom is 1.00 e. The molecule has 152 valence electrons. The first-order valence-corrected chi connectivity index (χ1v) is 11.8. The monoisotopic (exact) mass is 425 g/mol. The Balaban J connectivity index is 0.00000240. The summed E-state index contributed by atoms with van der Waals surface area (Å²) in [5.41, 5.74) is 5.42. The smallest absolute Gasteiger partial charge is 0.423 e.